The minimum atomic E-state index is -0.755. The number of aliphatic hydroxyl groups excluding tert-OH is 1. The van der Waals surface area contributed by atoms with E-state index >= 15 is 0 Å². The maximum atomic E-state index is 12.1. The van der Waals surface area contributed by atoms with Crippen LogP contribution in [0.2, 0.25) is 0 Å². The van der Waals surface area contributed by atoms with Crippen molar-refractivity contribution < 1.29 is 28.9 Å². The first-order valence-electron chi connectivity index (χ1n) is 9.00. The van der Waals surface area contributed by atoms with Gasteiger partial charge in [-0.3, -0.25) is 4.79 Å². The summed E-state index contributed by atoms with van der Waals surface area (Å²) in [6, 6.07) is 0. The third kappa shape index (κ3) is 3.45. The van der Waals surface area contributed by atoms with Gasteiger partial charge in [-0.2, -0.15) is 0 Å². The van der Waals surface area contributed by atoms with Gasteiger partial charge in [-0.1, -0.05) is 6.92 Å². The molecule has 2 saturated heterocycles. The molecule has 0 radical (unpaired) electrons. The summed E-state index contributed by atoms with van der Waals surface area (Å²) in [5.41, 5.74) is -0.604. The largest absolute Gasteiger partial charge is 0.457 e. The van der Waals surface area contributed by atoms with Gasteiger partial charge in [0.05, 0.1) is 11.5 Å². The Balaban J connectivity index is 1.56. The zero-order chi connectivity index (χ0) is 17.5. The van der Waals surface area contributed by atoms with Crippen molar-refractivity contribution in [2.24, 2.45) is 23.2 Å². The van der Waals surface area contributed by atoms with Crippen LogP contribution in [0.1, 0.15) is 52.9 Å². The average Bonchev–Trinajstić information content (AvgIpc) is 2.70. The number of hydrogen-bond acceptors (Lipinski definition) is 6. The van der Waals surface area contributed by atoms with Gasteiger partial charge in [0, 0.05) is 5.92 Å². The second-order valence-corrected chi connectivity index (χ2v) is 8.16. The summed E-state index contributed by atoms with van der Waals surface area (Å²) in [7, 11) is 0. The molecule has 0 aromatic rings. The number of rotatable bonds is 5. The van der Waals surface area contributed by atoms with Gasteiger partial charge in [0.25, 0.3) is 0 Å². The molecule has 6 heteroatoms. The van der Waals surface area contributed by atoms with Crippen LogP contribution < -0.4 is 0 Å². The molecule has 2 aliphatic carbocycles. The summed E-state index contributed by atoms with van der Waals surface area (Å²) in [5, 5.41) is 10.1. The number of carbonyl (C=O) groups excluding carboxylic acids is 2. The Kier molecular flexibility index (Phi) is 4.89. The lowest BCUT2D eigenvalue weighted by molar-refractivity contribution is -0.193. The normalized spacial score (nSPS) is 37.8. The molecule has 4 fully saturated rings. The van der Waals surface area contributed by atoms with Gasteiger partial charge in [-0.05, 0) is 57.8 Å². The smallest absolute Gasteiger partial charge is 0.344 e. The van der Waals surface area contributed by atoms with Crippen molar-refractivity contribution in [2.45, 2.75) is 71.4 Å². The molecule has 6 unspecified atom stereocenters. The Hall–Kier alpha value is -1.14. The van der Waals surface area contributed by atoms with Crippen molar-refractivity contribution in [3.63, 3.8) is 0 Å². The highest BCUT2D eigenvalue weighted by Gasteiger charge is 2.51. The van der Waals surface area contributed by atoms with Gasteiger partial charge in [0.15, 0.2) is 12.9 Å². The molecule has 0 amide bonds. The Bertz CT molecular complexity index is 502. The van der Waals surface area contributed by atoms with Crippen LogP contribution >= 0.6 is 0 Å². The lowest BCUT2D eigenvalue weighted by atomic mass is 9.67. The third-order valence-electron chi connectivity index (χ3n) is 6.02. The molecule has 1 N–H and O–H groups in total. The summed E-state index contributed by atoms with van der Waals surface area (Å²) < 4.78 is 16.4. The van der Waals surface area contributed by atoms with E-state index in [-0.39, 0.29) is 30.7 Å². The van der Waals surface area contributed by atoms with E-state index in [0.29, 0.717) is 12.3 Å². The molecule has 0 spiro atoms. The molecular formula is C18H28O6. The maximum absolute atomic E-state index is 12.1. The Morgan fingerprint density at radius 3 is 2.58 bits per heavy atom. The zero-order valence-electron chi connectivity index (χ0n) is 14.7. The molecule has 4 bridgehead atoms. The van der Waals surface area contributed by atoms with Crippen molar-refractivity contribution in [3.05, 3.63) is 0 Å². The molecule has 6 nitrogen and oxygen atoms in total. The average molecular weight is 340 g/mol. The molecule has 2 saturated carbocycles. The summed E-state index contributed by atoms with van der Waals surface area (Å²) >= 11 is 0. The maximum Gasteiger partial charge on any atom is 0.344 e. The molecule has 24 heavy (non-hydrogen) atoms. The van der Waals surface area contributed by atoms with Crippen LogP contribution in [0.3, 0.4) is 0 Å². The van der Waals surface area contributed by atoms with Gasteiger partial charge in [-0.25, -0.2) is 4.79 Å². The van der Waals surface area contributed by atoms with E-state index in [1.54, 1.807) is 13.8 Å². The van der Waals surface area contributed by atoms with E-state index in [4.69, 9.17) is 14.2 Å². The van der Waals surface area contributed by atoms with E-state index in [1.807, 2.05) is 6.92 Å². The van der Waals surface area contributed by atoms with Crippen LogP contribution in [-0.2, 0) is 23.8 Å². The highest BCUT2D eigenvalue weighted by atomic mass is 16.6. The number of carbonyl (C=O) groups is 2. The van der Waals surface area contributed by atoms with E-state index in [0.717, 1.165) is 25.7 Å². The number of esters is 2. The molecule has 136 valence electrons. The van der Waals surface area contributed by atoms with Gasteiger partial charge >= 0.3 is 11.9 Å². The van der Waals surface area contributed by atoms with Gasteiger partial charge in [0.1, 0.15) is 6.10 Å². The fourth-order valence-electron chi connectivity index (χ4n) is 4.24. The van der Waals surface area contributed by atoms with Crippen LogP contribution in [0.25, 0.3) is 0 Å². The fraction of sp³-hybridized carbons (Fsp3) is 0.889. The monoisotopic (exact) mass is 340 g/mol. The second-order valence-electron chi connectivity index (χ2n) is 8.16. The van der Waals surface area contributed by atoms with Gasteiger partial charge in [-0.15, -0.1) is 0 Å². The summed E-state index contributed by atoms with van der Waals surface area (Å²) in [5.74, 6) is -0.00204. The van der Waals surface area contributed by atoms with E-state index in [1.165, 1.54) is 0 Å². The molecular weight excluding hydrogens is 312 g/mol. The van der Waals surface area contributed by atoms with Crippen molar-refractivity contribution in [3.8, 4) is 0 Å². The molecule has 6 atom stereocenters. The van der Waals surface area contributed by atoms with Crippen LogP contribution in [0, 0.1) is 23.2 Å². The summed E-state index contributed by atoms with van der Waals surface area (Å²) in [4.78, 5) is 24.1. The Morgan fingerprint density at radius 1 is 1.17 bits per heavy atom. The SMILES string of the molecule is CCC(C)(C)C(=O)OCC(=O)OC1C2CC3CC(C2)C(O)OC1C3. The first-order chi connectivity index (χ1) is 11.3. The third-order valence-corrected chi connectivity index (χ3v) is 6.02. The van der Waals surface area contributed by atoms with Crippen molar-refractivity contribution in [1.82, 2.24) is 0 Å². The molecule has 4 rings (SSSR count). The van der Waals surface area contributed by atoms with E-state index < -0.39 is 23.6 Å². The molecule has 2 heterocycles. The van der Waals surface area contributed by atoms with Crippen LogP contribution in [-0.4, -0.2) is 42.1 Å². The standard InChI is InChI=1S/C18H28O6/c1-4-18(2,3)17(21)22-9-14(19)24-15-11-5-10-6-12(8-11)16(20)23-13(15)7-10/h10-13,15-16,20H,4-9H2,1-3H3. The van der Waals surface area contributed by atoms with Crippen LogP contribution in [0.4, 0.5) is 0 Å². The van der Waals surface area contributed by atoms with E-state index in [2.05, 4.69) is 0 Å². The van der Waals surface area contributed by atoms with Crippen molar-refractivity contribution in [2.75, 3.05) is 6.61 Å². The second kappa shape index (κ2) is 6.64. The molecule has 0 aromatic carbocycles. The van der Waals surface area contributed by atoms with Crippen LogP contribution in [0.5, 0.6) is 0 Å². The molecule has 4 aliphatic rings. The van der Waals surface area contributed by atoms with Gasteiger partial charge in [0.2, 0.25) is 0 Å². The number of hydrogen-bond donors (Lipinski definition) is 1. The lowest BCUT2D eigenvalue weighted by Crippen LogP contribution is -2.46. The first kappa shape index (κ1) is 17.7. The fourth-order valence-corrected chi connectivity index (χ4v) is 4.24. The van der Waals surface area contributed by atoms with Crippen LogP contribution in [0.15, 0.2) is 0 Å². The molecule has 0 aromatic heterocycles. The minimum absolute atomic E-state index is 0.144. The summed E-state index contributed by atoms with van der Waals surface area (Å²) in [6.45, 7) is 5.11. The topological polar surface area (TPSA) is 82.1 Å². The number of ether oxygens (including phenoxy) is 3. The van der Waals surface area contributed by atoms with Crippen molar-refractivity contribution in [1.29, 1.82) is 0 Å². The lowest BCUT2D eigenvalue weighted by Gasteiger charge is -2.42. The zero-order valence-corrected chi connectivity index (χ0v) is 14.7. The first-order valence-corrected chi connectivity index (χ1v) is 9.00. The highest BCUT2D eigenvalue weighted by molar-refractivity contribution is 5.79. The van der Waals surface area contributed by atoms with Gasteiger partial charge < -0.3 is 19.3 Å². The Labute approximate surface area is 142 Å². The Morgan fingerprint density at radius 2 is 1.88 bits per heavy atom. The quantitative estimate of drug-likeness (QED) is 0.771. The predicted molar refractivity (Wildman–Crippen MR) is 84.7 cm³/mol. The molecule has 2 aliphatic heterocycles. The number of aliphatic hydroxyl groups is 1. The van der Waals surface area contributed by atoms with E-state index in [9.17, 15) is 14.7 Å². The minimum Gasteiger partial charge on any atom is -0.457 e. The van der Waals surface area contributed by atoms with Crippen molar-refractivity contribution >= 4 is 11.9 Å². The number of fused-ring (bicyclic) bond motifs is 1. The summed E-state index contributed by atoms with van der Waals surface area (Å²) in [6.07, 6.45) is 2.97. The highest BCUT2D eigenvalue weighted by Crippen LogP contribution is 2.49. The predicted octanol–water partition coefficient (Wildman–Crippen LogP) is 2.03.